The van der Waals surface area contributed by atoms with Crippen molar-refractivity contribution in [2.45, 2.75) is 26.8 Å². The molecule has 1 aromatic carbocycles. The molecule has 1 heterocycles. The zero-order valence-corrected chi connectivity index (χ0v) is 10.3. The summed E-state index contributed by atoms with van der Waals surface area (Å²) in [6, 6.07) is 4.07. The van der Waals surface area contributed by atoms with Gasteiger partial charge >= 0.3 is 5.69 Å². The lowest BCUT2D eigenvalue weighted by molar-refractivity contribution is 0.677. The Morgan fingerprint density at radius 2 is 2.00 bits per heavy atom. The standard InChI is InChI=1S/C12H15ClN2O/c1-8-6-10-11(7-9(8)2)15(5-3-4-13)12(16)14-10/h6-7H,3-5H2,1-2H3,(H,14,16). The van der Waals surface area contributed by atoms with Crippen LogP contribution in [0, 0.1) is 13.8 Å². The Balaban J connectivity index is 2.60. The van der Waals surface area contributed by atoms with Crippen LogP contribution in [-0.2, 0) is 6.54 Å². The molecule has 0 radical (unpaired) electrons. The molecule has 0 aliphatic heterocycles. The summed E-state index contributed by atoms with van der Waals surface area (Å²) in [4.78, 5) is 14.6. The second kappa shape index (κ2) is 4.34. The maximum Gasteiger partial charge on any atom is 0.326 e. The zero-order valence-electron chi connectivity index (χ0n) is 9.51. The first kappa shape index (κ1) is 11.3. The Morgan fingerprint density at radius 3 is 2.69 bits per heavy atom. The van der Waals surface area contributed by atoms with Crippen molar-refractivity contribution in [3.63, 3.8) is 0 Å². The number of aryl methyl sites for hydroxylation is 3. The fraction of sp³-hybridized carbons (Fsp3) is 0.417. The molecule has 0 saturated heterocycles. The van der Waals surface area contributed by atoms with Crippen LogP contribution in [0.2, 0.25) is 0 Å². The summed E-state index contributed by atoms with van der Waals surface area (Å²) in [5, 5.41) is 0. The molecular weight excluding hydrogens is 224 g/mol. The Bertz CT molecular complexity index is 568. The van der Waals surface area contributed by atoms with Gasteiger partial charge in [0, 0.05) is 12.4 Å². The van der Waals surface area contributed by atoms with E-state index < -0.39 is 0 Å². The largest absolute Gasteiger partial charge is 0.326 e. The van der Waals surface area contributed by atoms with Crippen LogP contribution in [0.25, 0.3) is 11.0 Å². The van der Waals surface area contributed by atoms with E-state index >= 15 is 0 Å². The number of halogens is 1. The lowest BCUT2D eigenvalue weighted by atomic mass is 10.1. The number of nitrogens with zero attached hydrogens (tertiary/aromatic N) is 1. The van der Waals surface area contributed by atoms with E-state index in [1.165, 1.54) is 11.1 Å². The van der Waals surface area contributed by atoms with Crippen molar-refractivity contribution in [3.05, 3.63) is 33.7 Å². The van der Waals surface area contributed by atoms with E-state index in [2.05, 4.69) is 18.0 Å². The minimum Gasteiger partial charge on any atom is -0.306 e. The predicted octanol–water partition coefficient (Wildman–Crippen LogP) is 2.58. The highest BCUT2D eigenvalue weighted by molar-refractivity contribution is 6.17. The van der Waals surface area contributed by atoms with Gasteiger partial charge in [-0.05, 0) is 43.5 Å². The SMILES string of the molecule is Cc1cc2[nH]c(=O)n(CCCCl)c2cc1C. The number of benzene rings is 1. The first-order chi connectivity index (χ1) is 7.63. The highest BCUT2D eigenvalue weighted by Crippen LogP contribution is 2.16. The van der Waals surface area contributed by atoms with E-state index in [1.807, 2.05) is 13.0 Å². The summed E-state index contributed by atoms with van der Waals surface area (Å²) < 4.78 is 1.75. The molecule has 16 heavy (non-hydrogen) atoms. The van der Waals surface area contributed by atoms with Gasteiger partial charge in [-0.15, -0.1) is 11.6 Å². The van der Waals surface area contributed by atoms with Gasteiger partial charge in [0.05, 0.1) is 11.0 Å². The van der Waals surface area contributed by atoms with E-state index in [9.17, 15) is 4.79 Å². The van der Waals surface area contributed by atoms with Gasteiger partial charge in [0.2, 0.25) is 0 Å². The van der Waals surface area contributed by atoms with Crippen LogP contribution in [0.4, 0.5) is 0 Å². The minimum atomic E-state index is -0.0508. The van der Waals surface area contributed by atoms with E-state index in [0.717, 1.165) is 17.5 Å². The van der Waals surface area contributed by atoms with Crippen LogP contribution in [0.3, 0.4) is 0 Å². The van der Waals surface area contributed by atoms with Crippen molar-refractivity contribution < 1.29 is 0 Å². The van der Waals surface area contributed by atoms with E-state index in [4.69, 9.17) is 11.6 Å². The first-order valence-corrected chi connectivity index (χ1v) is 5.92. The smallest absolute Gasteiger partial charge is 0.306 e. The number of alkyl halides is 1. The molecule has 0 atom stereocenters. The minimum absolute atomic E-state index is 0.0508. The van der Waals surface area contributed by atoms with Crippen molar-refractivity contribution in [3.8, 4) is 0 Å². The summed E-state index contributed by atoms with van der Waals surface area (Å²) in [6.45, 7) is 4.77. The molecule has 1 aromatic heterocycles. The third-order valence-electron chi connectivity index (χ3n) is 2.90. The predicted molar refractivity (Wildman–Crippen MR) is 67.4 cm³/mol. The van der Waals surface area contributed by atoms with Crippen molar-refractivity contribution in [2.24, 2.45) is 0 Å². The molecule has 1 N–H and O–H groups in total. The van der Waals surface area contributed by atoms with Gasteiger partial charge in [0.1, 0.15) is 0 Å². The molecule has 86 valence electrons. The van der Waals surface area contributed by atoms with E-state index in [0.29, 0.717) is 12.4 Å². The van der Waals surface area contributed by atoms with Crippen LogP contribution in [0.5, 0.6) is 0 Å². The molecular formula is C12H15ClN2O. The topological polar surface area (TPSA) is 37.8 Å². The molecule has 0 amide bonds. The Hall–Kier alpha value is -1.22. The van der Waals surface area contributed by atoms with Gasteiger partial charge in [-0.1, -0.05) is 0 Å². The lowest BCUT2D eigenvalue weighted by Gasteiger charge is -2.03. The highest BCUT2D eigenvalue weighted by atomic mass is 35.5. The van der Waals surface area contributed by atoms with Gasteiger partial charge in [-0.3, -0.25) is 4.57 Å². The summed E-state index contributed by atoms with van der Waals surface area (Å²) in [6.07, 6.45) is 0.807. The third kappa shape index (κ3) is 1.87. The number of nitrogens with one attached hydrogen (secondary N) is 1. The van der Waals surface area contributed by atoms with Gasteiger partial charge < -0.3 is 4.98 Å². The Kier molecular flexibility index (Phi) is 3.06. The monoisotopic (exact) mass is 238 g/mol. The molecule has 2 aromatic rings. The van der Waals surface area contributed by atoms with Crippen LogP contribution in [-0.4, -0.2) is 15.4 Å². The van der Waals surface area contributed by atoms with Gasteiger partial charge in [-0.25, -0.2) is 4.79 Å². The Labute approximate surface area is 99.0 Å². The number of imidazole rings is 1. The van der Waals surface area contributed by atoms with E-state index in [-0.39, 0.29) is 5.69 Å². The second-order valence-corrected chi connectivity index (χ2v) is 4.46. The van der Waals surface area contributed by atoms with Crippen molar-refractivity contribution in [1.82, 2.24) is 9.55 Å². The molecule has 0 unspecified atom stereocenters. The van der Waals surface area contributed by atoms with Crippen LogP contribution in [0.15, 0.2) is 16.9 Å². The molecule has 0 spiro atoms. The highest BCUT2D eigenvalue weighted by Gasteiger charge is 2.07. The van der Waals surface area contributed by atoms with Crippen molar-refractivity contribution in [2.75, 3.05) is 5.88 Å². The number of hydrogen-bond acceptors (Lipinski definition) is 1. The maximum atomic E-state index is 11.7. The first-order valence-electron chi connectivity index (χ1n) is 5.39. The van der Waals surface area contributed by atoms with Crippen molar-refractivity contribution >= 4 is 22.6 Å². The lowest BCUT2D eigenvalue weighted by Crippen LogP contribution is -2.16. The molecule has 0 aliphatic rings. The van der Waals surface area contributed by atoms with Crippen LogP contribution < -0.4 is 5.69 Å². The number of fused-ring (bicyclic) bond motifs is 1. The summed E-state index contributed by atoms with van der Waals surface area (Å²) in [7, 11) is 0. The maximum absolute atomic E-state index is 11.7. The molecule has 0 bridgehead atoms. The van der Waals surface area contributed by atoms with Crippen molar-refractivity contribution in [1.29, 1.82) is 0 Å². The normalized spacial score (nSPS) is 11.2. The number of rotatable bonds is 3. The number of H-pyrrole nitrogens is 1. The quantitative estimate of drug-likeness (QED) is 0.820. The molecule has 3 nitrogen and oxygen atoms in total. The second-order valence-electron chi connectivity index (χ2n) is 4.08. The fourth-order valence-electron chi connectivity index (χ4n) is 1.86. The summed E-state index contributed by atoms with van der Waals surface area (Å²) in [5.74, 6) is 0.573. The summed E-state index contributed by atoms with van der Waals surface area (Å²) >= 11 is 5.65. The summed E-state index contributed by atoms with van der Waals surface area (Å²) in [5.41, 5.74) is 4.22. The molecule has 0 fully saturated rings. The van der Waals surface area contributed by atoms with Gasteiger partial charge in [0.25, 0.3) is 0 Å². The number of hydrogen-bond donors (Lipinski definition) is 1. The number of aromatic nitrogens is 2. The Morgan fingerprint density at radius 1 is 1.31 bits per heavy atom. The average Bonchev–Trinajstić information content (AvgIpc) is 2.52. The van der Waals surface area contributed by atoms with Gasteiger partial charge in [-0.2, -0.15) is 0 Å². The van der Waals surface area contributed by atoms with E-state index in [1.54, 1.807) is 4.57 Å². The number of aromatic amines is 1. The zero-order chi connectivity index (χ0) is 11.7. The van der Waals surface area contributed by atoms with Crippen LogP contribution in [0.1, 0.15) is 17.5 Å². The molecule has 0 saturated carbocycles. The van der Waals surface area contributed by atoms with Crippen LogP contribution >= 0.6 is 11.6 Å². The third-order valence-corrected chi connectivity index (χ3v) is 3.17. The average molecular weight is 239 g/mol. The molecule has 4 heteroatoms. The molecule has 2 rings (SSSR count). The fourth-order valence-corrected chi connectivity index (χ4v) is 1.98. The van der Waals surface area contributed by atoms with Gasteiger partial charge in [0.15, 0.2) is 0 Å². The molecule has 0 aliphatic carbocycles.